The van der Waals surface area contributed by atoms with Crippen molar-refractivity contribution in [1.29, 1.82) is 5.26 Å². The van der Waals surface area contributed by atoms with E-state index < -0.39 is 29.0 Å². The molecule has 1 atom stereocenters. The number of ether oxygens (including phenoxy) is 2. The summed E-state index contributed by atoms with van der Waals surface area (Å²) in [5.74, 6) is -2.02. The van der Waals surface area contributed by atoms with Crippen LogP contribution in [0.4, 0.5) is 17.6 Å². The van der Waals surface area contributed by atoms with Crippen LogP contribution in [0, 0.1) is 22.6 Å². The molecule has 2 aromatic heterocycles. The number of aromatic nitrogens is 4. The second-order valence-electron chi connectivity index (χ2n) is 12.0. The summed E-state index contributed by atoms with van der Waals surface area (Å²) >= 11 is 5.95. The maximum Gasteiger partial charge on any atom is 0.451 e. The number of nitriles is 1. The number of nitrogens with one attached hydrogen (secondary N) is 1. The van der Waals surface area contributed by atoms with Gasteiger partial charge in [-0.05, 0) is 67.2 Å². The van der Waals surface area contributed by atoms with Crippen LogP contribution in [0.3, 0.4) is 0 Å². The first-order valence-electron chi connectivity index (χ1n) is 14.7. The number of benzene rings is 2. The minimum atomic E-state index is -4.64. The topological polar surface area (TPSA) is 100.0 Å². The van der Waals surface area contributed by atoms with Gasteiger partial charge in [-0.25, -0.2) is 4.39 Å². The molecule has 46 heavy (non-hydrogen) atoms. The second-order valence-corrected chi connectivity index (χ2v) is 12.5. The molecule has 2 aromatic carbocycles. The zero-order valence-electron chi connectivity index (χ0n) is 24.6. The Bertz CT molecular complexity index is 1910. The SMILES string of the molecule is CC1(c2ccc(Cl)cc2F)Oc2cccc(C3=CCN(Cc4ncc(-c5nnc(C(F)(F)F)[nH]5)cc4CC4(C#N)CC4)CC3)c2O1. The van der Waals surface area contributed by atoms with Crippen molar-refractivity contribution in [2.75, 3.05) is 13.1 Å². The van der Waals surface area contributed by atoms with E-state index in [-0.39, 0.29) is 16.4 Å². The molecule has 0 radical (unpaired) electrons. The molecule has 8 nitrogen and oxygen atoms in total. The summed E-state index contributed by atoms with van der Waals surface area (Å²) < 4.78 is 66.5. The van der Waals surface area contributed by atoms with E-state index in [4.69, 9.17) is 21.1 Å². The summed E-state index contributed by atoms with van der Waals surface area (Å²) in [7, 11) is 0. The molecule has 0 amide bonds. The van der Waals surface area contributed by atoms with E-state index in [0.29, 0.717) is 49.5 Å². The highest BCUT2D eigenvalue weighted by molar-refractivity contribution is 6.30. The van der Waals surface area contributed by atoms with E-state index in [1.54, 1.807) is 31.2 Å². The quantitative estimate of drug-likeness (QED) is 0.207. The van der Waals surface area contributed by atoms with Crippen LogP contribution >= 0.6 is 11.6 Å². The lowest BCUT2D eigenvalue weighted by atomic mass is 9.94. The van der Waals surface area contributed by atoms with Crippen molar-refractivity contribution in [1.82, 2.24) is 25.1 Å². The predicted molar refractivity (Wildman–Crippen MR) is 160 cm³/mol. The van der Waals surface area contributed by atoms with Gasteiger partial charge in [0.1, 0.15) is 5.82 Å². The summed E-state index contributed by atoms with van der Waals surface area (Å²) in [6.45, 7) is 3.46. The molecule has 1 aliphatic carbocycles. The van der Waals surface area contributed by atoms with Gasteiger partial charge in [-0.1, -0.05) is 29.8 Å². The number of H-pyrrole nitrogens is 1. The van der Waals surface area contributed by atoms with Gasteiger partial charge in [-0.2, -0.15) is 18.4 Å². The third-order valence-corrected chi connectivity index (χ3v) is 8.96. The first-order valence-corrected chi connectivity index (χ1v) is 15.1. The van der Waals surface area contributed by atoms with Crippen LogP contribution in [0.25, 0.3) is 17.0 Å². The third-order valence-electron chi connectivity index (χ3n) is 8.72. The zero-order chi connectivity index (χ0) is 32.3. The molecular weight excluding hydrogens is 624 g/mol. The normalized spacial score (nSPS) is 20.3. The number of hydrogen-bond acceptors (Lipinski definition) is 7. The number of halogens is 5. The monoisotopic (exact) mass is 650 g/mol. The van der Waals surface area contributed by atoms with Crippen LogP contribution in [0.2, 0.25) is 5.02 Å². The van der Waals surface area contributed by atoms with E-state index in [0.717, 1.165) is 35.2 Å². The van der Waals surface area contributed by atoms with Crippen LogP contribution in [0.1, 0.15) is 54.4 Å². The Morgan fingerprint density at radius 1 is 1.13 bits per heavy atom. The molecule has 4 aromatic rings. The average Bonchev–Trinajstić information content (AvgIpc) is 3.42. The van der Waals surface area contributed by atoms with Crippen LogP contribution in [0.5, 0.6) is 11.5 Å². The van der Waals surface area contributed by atoms with Gasteiger partial charge < -0.3 is 14.5 Å². The first kappa shape index (κ1) is 30.2. The van der Waals surface area contributed by atoms with Crippen molar-refractivity contribution in [3.8, 4) is 29.0 Å². The van der Waals surface area contributed by atoms with Gasteiger partial charge in [0.25, 0.3) is 5.79 Å². The number of alkyl halides is 3. The summed E-state index contributed by atoms with van der Waals surface area (Å²) in [6, 6.07) is 14.2. The van der Waals surface area contributed by atoms with Crippen molar-refractivity contribution in [3.63, 3.8) is 0 Å². The molecule has 1 fully saturated rings. The maximum atomic E-state index is 14.8. The molecule has 4 heterocycles. The number of fused-ring (bicyclic) bond motifs is 1. The average molecular weight is 651 g/mol. The van der Waals surface area contributed by atoms with Crippen LogP contribution in [-0.2, 0) is 24.9 Å². The van der Waals surface area contributed by atoms with Gasteiger partial charge in [0.05, 0.1) is 22.7 Å². The molecule has 7 rings (SSSR count). The summed E-state index contributed by atoms with van der Waals surface area (Å²) in [4.78, 5) is 9.08. The Kier molecular flexibility index (Phi) is 7.29. The highest BCUT2D eigenvalue weighted by atomic mass is 35.5. The van der Waals surface area contributed by atoms with E-state index in [1.165, 1.54) is 12.3 Å². The van der Waals surface area contributed by atoms with Gasteiger partial charge in [0.2, 0.25) is 5.82 Å². The molecule has 0 spiro atoms. The Hall–Kier alpha value is -4.47. The highest BCUT2D eigenvalue weighted by Gasteiger charge is 2.44. The number of pyridine rings is 1. The first-order chi connectivity index (χ1) is 22.0. The van der Waals surface area contributed by atoms with Gasteiger partial charge in [0, 0.05) is 48.9 Å². The minimum absolute atomic E-state index is 0.0310. The van der Waals surface area contributed by atoms with Gasteiger partial charge in [-0.15, -0.1) is 10.2 Å². The molecule has 2 aliphatic heterocycles. The van der Waals surface area contributed by atoms with Crippen molar-refractivity contribution in [3.05, 3.63) is 93.8 Å². The third kappa shape index (κ3) is 5.69. The van der Waals surface area contributed by atoms with Gasteiger partial charge >= 0.3 is 6.18 Å². The smallest absolute Gasteiger partial charge is 0.444 e. The Morgan fingerprint density at radius 3 is 2.63 bits per heavy atom. The van der Waals surface area contributed by atoms with Crippen molar-refractivity contribution in [2.45, 2.75) is 51.1 Å². The fraction of sp³-hybridized carbons (Fsp3) is 0.333. The van der Waals surface area contributed by atoms with Crippen molar-refractivity contribution in [2.24, 2.45) is 5.41 Å². The predicted octanol–water partition coefficient (Wildman–Crippen LogP) is 7.46. The van der Waals surface area contributed by atoms with Gasteiger partial charge in [-0.3, -0.25) is 9.88 Å². The lowest BCUT2D eigenvalue weighted by molar-refractivity contribution is -0.144. The van der Waals surface area contributed by atoms with Crippen molar-refractivity contribution >= 4 is 17.2 Å². The molecule has 0 saturated heterocycles. The molecule has 1 saturated carbocycles. The van der Waals surface area contributed by atoms with E-state index in [1.807, 2.05) is 12.1 Å². The van der Waals surface area contributed by atoms with E-state index in [2.05, 4.69) is 37.2 Å². The van der Waals surface area contributed by atoms with E-state index in [9.17, 15) is 22.8 Å². The number of nitrogens with zero attached hydrogens (tertiary/aromatic N) is 5. The van der Waals surface area contributed by atoms with Crippen LogP contribution in [0.15, 0.2) is 54.7 Å². The maximum absolute atomic E-state index is 14.8. The molecule has 236 valence electrons. The summed E-state index contributed by atoms with van der Waals surface area (Å²) in [5, 5.41) is 16.9. The molecule has 0 bridgehead atoms. The van der Waals surface area contributed by atoms with Crippen molar-refractivity contribution < 1.29 is 27.0 Å². The van der Waals surface area contributed by atoms with Gasteiger partial charge in [0.15, 0.2) is 17.3 Å². The Balaban J connectivity index is 1.10. The van der Waals surface area contributed by atoms with E-state index >= 15 is 0 Å². The Morgan fingerprint density at radius 2 is 1.96 bits per heavy atom. The largest absolute Gasteiger partial charge is 0.451 e. The molecule has 1 unspecified atom stereocenters. The summed E-state index contributed by atoms with van der Waals surface area (Å²) in [6.07, 6.45) is 1.63. The molecule has 1 N–H and O–H groups in total. The standard InChI is InChI=1S/C33H27ClF4N6O2/c1-31(24-6-5-22(34)14-25(24)35)45-27-4-2-3-23(28(27)46-31)19-7-11-44(12-8-19)17-26-20(15-32(18-39)9-10-32)13-21(16-40-26)29-41-30(43-42-29)33(36,37)38/h2-7,13-14,16H,8-12,15,17H2,1H3,(H,41,42,43). The molecule has 3 aliphatic rings. The fourth-order valence-corrected chi connectivity index (χ4v) is 6.14. The lowest BCUT2D eigenvalue weighted by Gasteiger charge is -2.28. The number of hydrogen-bond donors (Lipinski definition) is 1. The Labute approximate surface area is 266 Å². The minimum Gasteiger partial charge on any atom is -0.444 e. The van der Waals surface area contributed by atoms with Crippen LogP contribution < -0.4 is 9.47 Å². The second kappa shape index (κ2) is 11.1. The summed E-state index contributed by atoms with van der Waals surface area (Å²) in [5.41, 5.74) is 3.63. The highest BCUT2D eigenvalue weighted by Crippen LogP contribution is 2.50. The molecular formula is C33H27ClF4N6O2. The zero-order valence-corrected chi connectivity index (χ0v) is 25.3. The number of aromatic amines is 1. The number of rotatable bonds is 7. The fourth-order valence-electron chi connectivity index (χ4n) is 5.99. The lowest BCUT2D eigenvalue weighted by Crippen LogP contribution is -2.32. The van der Waals surface area contributed by atoms with Crippen LogP contribution in [-0.4, -0.2) is 38.2 Å². The number of para-hydroxylation sites is 1. The molecule has 13 heteroatoms.